The molecule has 5 atom stereocenters. The van der Waals surface area contributed by atoms with E-state index >= 15 is 0 Å². The zero-order chi connectivity index (χ0) is 9.92. The fourth-order valence-electron chi connectivity index (χ4n) is 3.35. The van der Waals surface area contributed by atoms with Crippen molar-refractivity contribution in [1.29, 1.82) is 0 Å². The molecule has 1 N–H and O–H groups in total. The number of fused-ring (bicyclic) bond motifs is 1. The van der Waals surface area contributed by atoms with Crippen molar-refractivity contribution >= 4 is 21.6 Å². The second-order valence-corrected chi connectivity index (χ2v) is 6.51. The maximum absolute atomic E-state index is 11.6. The predicted octanol–water partition coefficient (Wildman–Crippen LogP) is 0.278. The van der Waals surface area contributed by atoms with Gasteiger partial charge in [0.05, 0.1) is 17.4 Å². The Bertz CT molecular complexity index is 358. The van der Waals surface area contributed by atoms with Crippen LogP contribution in [0.5, 0.6) is 0 Å². The Morgan fingerprint density at radius 1 is 1.43 bits per heavy atom. The van der Waals surface area contributed by atoms with E-state index in [9.17, 15) is 8.42 Å². The van der Waals surface area contributed by atoms with Crippen LogP contribution in [-0.4, -0.2) is 31.9 Å². The highest BCUT2D eigenvalue weighted by atomic mass is 35.5. The van der Waals surface area contributed by atoms with E-state index in [2.05, 4.69) is 4.72 Å². The molecule has 80 valence electrons. The lowest BCUT2D eigenvalue weighted by molar-refractivity contribution is 0.0323. The smallest absolute Gasteiger partial charge is 0.215 e. The third-order valence-electron chi connectivity index (χ3n) is 3.82. The molecule has 4 nitrogen and oxygen atoms in total. The molecule has 3 fully saturated rings. The van der Waals surface area contributed by atoms with Crippen molar-refractivity contribution < 1.29 is 13.2 Å². The number of nitrogens with one attached hydrogen (secondary N) is 1. The van der Waals surface area contributed by atoms with Crippen molar-refractivity contribution in [2.75, 3.05) is 6.07 Å². The van der Waals surface area contributed by atoms with Crippen LogP contribution < -0.4 is 4.72 Å². The van der Waals surface area contributed by atoms with Crippen LogP contribution in [0, 0.1) is 11.8 Å². The molecular weight excluding hydrogens is 226 g/mol. The highest BCUT2D eigenvalue weighted by Crippen LogP contribution is 2.52. The van der Waals surface area contributed by atoms with Gasteiger partial charge in [-0.1, -0.05) is 11.6 Å². The molecule has 0 radical (unpaired) electrons. The number of hydrogen-bond donors (Lipinski definition) is 1. The number of hydrogen-bond acceptors (Lipinski definition) is 3. The molecule has 1 aliphatic heterocycles. The molecule has 1 saturated heterocycles. The van der Waals surface area contributed by atoms with Gasteiger partial charge in [-0.3, -0.25) is 0 Å². The molecule has 0 aromatic rings. The Kier molecular flexibility index (Phi) is 1.91. The van der Waals surface area contributed by atoms with Crippen molar-refractivity contribution in [2.24, 2.45) is 11.8 Å². The van der Waals surface area contributed by atoms with Gasteiger partial charge in [-0.25, -0.2) is 13.1 Å². The van der Waals surface area contributed by atoms with Gasteiger partial charge >= 0.3 is 0 Å². The summed E-state index contributed by atoms with van der Waals surface area (Å²) in [6.07, 6.45) is 1.73. The van der Waals surface area contributed by atoms with Gasteiger partial charge < -0.3 is 4.74 Å². The van der Waals surface area contributed by atoms with E-state index in [1.165, 1.54) is 0 Å². The van der Waals surface area contributed by atoms with Crippen LogP contribution in [-0.2, 0) is 14.8 Å². The molecule has 2 aliphatic carbocycles. The Balaban J connectivity index is 1.93. The van der Waals surface area contributed by atoms with E-state index in [1.54, 1.807) is 0 Å². The molecule has 0 amide bonds. The van der Waals surface area contributed by atoms with Crippen molar-refractivity contribution in [3.63, 3.8) is 0 Å². The third-order valence-corrected chi connectivity index (χ3v) is 5.89. The summed E-state index contributed by atoms with van der Waals surface area (Å²) in [6.45, 7) is 0. The maximum Gasteiger partial charge on any atom is 0.215 e. The zero-order valence-electron chi connectivity index (χ0n) is 7.52. The second kappa shape index (κ2) is 2.84. The standard InChI is InChI=1S/C8H12ClNO3S/c9-3-13-8-4-1-5-6(2-4)14(11,12)10-7(5)8/h4-8,10H,1-3H2. The number of ether oxygens (including phenoxy) is 1. The first kappa shape index (κ1) is 9.39. The van der Waals surface area contributed by atoms with Gasteiger partial charge in [-0.05, 0) is 24.7 Å². The van der Waals surface area contributed by atoms with Crippen molar-refractivity contribution in [1.82, 2.24) is 4.72 Å². The molecule has 14 heavy (non-hydrogen) atoms. The quantitative estimate of drug-likeness (QED) is 0.702. The number of alkyl halides is 1. The molecule has 2 saturated carbocycles. The second-order valence-electron chi connectivity index (χ2n) is 4.36. The summed E-state index contributed by atoms with van der Waals surface area (Å²) in [5.41, 5.74) is 0. The monoisotopic (exact) mass is 237 g/mol. The van der Waals surface area contributed by atoms with Crippen LogP contribution >= 0.6 is 11.6 Å². The van der Waals surface area contributed by atoms with E-state index in [0.29, 0.717) is 5.92 Å². The molecule has 1 heterocycles. The average molecular weight is 238 g/mol. The zero-order valence-corrected chi connectivity index (χ0v) is 9.09. The first-order chi connectivity index (χ1) is 6.63. The topological polar surface area (TPSA) is 55.4 Å². The van der Waals surface area contributed by atoms with E-state index < -0.39 is 10.0 Å². The molecule has 3 aliphatic rings. The van der Waals surface area contributed by atoms with Crippen LogP contribution in [0.3, 0.4) is 0 Å². The van der Waals surface area contributed by atoms with Crippen molar-refractivity contribution in [3.8, 4) is 0 Å². The average Bonchev–Trinajstić information content (AvgIpc) is 2.68. The minimum Gasteiger partial charge on any atom is -0.361 e. The lowest BCUT2D eigenvalue weighted by atomic mass is 9.93. The van der Waals surface area contributed by atoms with Crippen molar-refractivity contribution in [3.05, 3.63) is 0 Å². The minimum absolute atomic E-state index is 0.00558. The summed E-state index contributed by atoms with van der Waals surface area (Å²) in [5.74, 6) is 0.650. The molecular formula is C8H12ClNO3S. The van der Waals surface area contributed by atoms with E-state index in [1.807, 2.05) is 0 Å². The van der Waals surface area contributed by atoms with Gasteiger partial charge in [0, 0.05) is 0 Å². The lowest BCUT2D eigenvalue weighted by Gasteiger charge is -2.25. The number of rotatable bonds is 2. The fourth-order valence-corrected chi connectivity index (χ4v) is 5.60. The van der Waals surface area contributed by atoms with E-state index in [-0.39, 0.29) is 29.4 Å². The Morgan fingerprint density at radius 3 is 2.93 bits per heavy atom. The largest absolute Gasteiger partial charge is 0.361 e. The summed E-state index contributed by atoms with van der Waals surface area (Å²) >= 11 is 5.53. The highest BCUT2D eigenvalue weighted by Gasteiger charge is 2.62. The van der Waals surface area contributed by atoms with Gasteiger partial charge in [-0.15, -0.1) is 0 Å². The fraction of sp³-hybridized carbons (Fsp3) is 1.00. The predicted molar refractivity (Wildman–Crippen MR) is 51.4 cm³/mol. The minimum atomic E-state index is -3.06. The maximum atomic E-state index is 11.6. The molecule has 0 aromatic carbocycles. The summed E-state index contributed by atoms with van der Waals surface area (Å²) in [7, 11) is -3.06. The molecule has 6 heteroatoms. The first-order valence-corrected chi connectivity index (χ1v) is 6.90. The Morgan fingerprint density at radius 2 is 2.21 bits per heavy atom. The van der Waals surface area contributed by atoms with Crippen LogP contribution in [0.25, 0.3) is 0 Å². The summed E-state index contributed by atoms with van der Waals surface area (Å²) in [6, 6.07) is 0.138. The lowest BCUT2D eigenvalue weighted by Crippen LogP contribution is -2.40. The van der Waals surface area contributed by atoms with Gasteiger partial charge in [0.1, 0.15) is 6.07 Å². The van der Waals surface area contributed by atoms with Crippen LogP contribution in [0.15, 0.2) is 0 Å². The van der Waals surface area contributed by atoms with E-state index in [4.69, 9.17) is 16.3 Å². The van der Waals surface area contributed by atoms with Gasteiger partial charge in [-0.2, -0.15) is 0 Å². The summed E-state index contributed by atoms with van der Waals surface area (Å²) in [5, 5.41) is -0.160. The number of sulfonamides is 1. The van der Waals surface area contributed by atoms with Crippen LogP contribution in [0.1, 0.15) is 12.8 Å². The first-order valence-electron chi connectivity index (χ1n) is 4.82. The van der Waals surface area contributed by atoms with Gasteiger partial charge in [0.25, 0.3) is 0 Å². The summed E-state index contributed by atoms with van der Waals surface area (Å²) in [4.78, 5) is 0. The van der Waals surface area contributed by atoms with E-state index in [0.717, 1.165) is 12.8 Å². The Hall–Kier alpha value is 0.160. The van der Waals surface area contributed by atoms with Crippen molar-refractivity contribution in [2.45, 2.75) is 30.2 Å². The highest BCUT2D eigenvalue weighted by molar-refractivity contribution is 7.90. The molecule has 5 unspecified atom stereocenters. The van der Waals surface area contributed by atoms with Gasteiger partial charge in [0.2, 0.25) is 10.0 Å². The van der Waals surface area contributed by atoms with Gasteiger partial charge in [0.15, 0.2) is 0 Å². The number of halogens is 1. The normalized spacial score (nSPS) is 52.8. The molecule has 3 rings (SSSR count). The molecule has 0 aromatic heterocycles. The molecule has 2 bridgehead atoms. The SMILES string of the molecule is O=S1(=O)NC2C3CC(CC31)C2OCCl. The van der Waals surface area contributed by atoms with Crippen LogP contribution in [0.2, 0.25) is 0 Å². The summed E-state index contributed by atoms with van der Waals surface area (Å²) < 4.78 is 31.4. The Labute approximate surface area is 88.0 Å². The molecule has 0 spiro atoms. The third kappa shape index (κ3) is 1.04. The van der Waals surface area contributed by atoms with Crippen LogP contribution in [0.4, 0.5) is 0 Å².